The van der Waals surface area contributed by atoms with Crippen molar-refractivity contribution in [1.82, 2.24) is 16.0 Å². The standard InChI is InChI=1S/C23H25Cl2N3O4.C14H19ClN2O2.C11H12ClNO3.2C9H8ClNO3.C6H6ClNO.C5H8Br2O2.C2HF3O2.7H2/c24-14-1-8-18(9-2-14)31-13-22(29)26-16-4-6-17(7-5-16)27-23(30)20-12-32-21-10-3-15(25)11-19(21)28-20;15-10-1-7-13(8-2-10)19-9-14(18)17-12-5-3-11(16)4-6-12;1-2-15-11(14)9-6-16-10-4-3-7(12)5-8(10)13-9;2*10-5-1-2-8-6(3-5)11-7(4-14-8)9(12)13;7-4-1-2-6(9)5(8)3-4;1-2-9-5(8)4(7)3-6;3-2(4,5)1(6)7;;;;;;;/h1-3,8-11,16-17,20,28H,4-7,12-13H2,(H,26,29)(H,27,30);1-2,7-8,11-12H,3-6,9,16H2,(H,17,18);3-5,9,13H,2,6H2,1H3;2*1-3,7,11H,4H2,(H,12,13);1-3,9H,8H2;4H,2-3H2,1H3;(H,6,7);7*1H. The predicted octanol–water partition coefficient (Wildman–Crippen LogP) is 16.9. The topological polar surface area (TPSA) is 428 Å². The van der Waals surface area contributed by atoms with Crippen LogP contribution < -0.4 is 77.1 Å². The third-order valence-electron chi connectivity index (χ3n) is 17.0. The van der Waals surface area contributed by atoms with Gasteiger partial charge in [0.2, 0.25) is 5.91 Å². The lowest BCUT2D eigenvalue weighted by Gasteiger charge is -2.32. The van der Waals surface area contributed by atoms with Crippen molar-refractivity contribution in [2.75, 3.05) is 85.2 Å². The van der Waals surface area contributed by atoms with Gasteiger partial charge < -0.3 is 107 Å². The number of alkyl halides is 5. The van der Waals surface area contributed by atoms with E-state index >= 15 is 0 Å². The zero-order valence-electron chi connectivity index (χ0n) is 64.0. The minimum absolute atomic E-state index is 0. The quantitative estimate of drug-likeness (QED) is 0.0174. The predicted molar refractivity (Wildman–Crippen MR) is 473 cm³/mol. The molecule has 7 aromatic carbocycles. The molecular formula is C79H101Br2Cl7F3N9O20. The molecule has 120 heavy (non-hydrogen) atoms. The molecule has 0 radical (unpaired) electrons. The second kappa shape index (κ2) is 50.8. The number of fused-ring (bicyclic) bond motifs is 4. The molecule has 41 heteroatoms. The summed E-state index contributed by atoms with van der Waals surface area (Å²) in [5.74, 6) is -1.53. The van der Waals surface area contributed by atoms with Crippen LogP contribution in [0.2, 0.25) is 35.2 Å². The second-order valence-corrected chi connectivity index (χ2v) is 31.0. The fourth-order valence-electron chi connectivity index (χ4n) is 11.0. The minimum Gasteiger partial charge on any atom is -0.506 e. The van der Waals surface area contributed by atoms with Gasteiger partial charge in [-0.3, -0.25) is 19.2 Å². The molecule has 4 aliphatic heterocycles. The molecule has 2 saturated carbocycles. The number of halogens is 12. The fourth-order valence-corrected chi connectivity index (χ4v) is 12.5. The Morgan fingerprint density at radius 3 is 1.15 bits per heavy atom. The zero-order valence-corrected chi connectivity index (χ0v) is 72.5. The number of esters is 2. The van der Waals surface area contributed by atoms with Crippen molar-refractivity contribution in [2.45, 2.75) is 125 Å². The number of carbonyl (C=O) groups excluding carboxylic acids is 5. The average molecular weight is 1960 g/mol. The van der Waals surface area contributed by atoms with Gasteiger partial charge in [-0.1, -0.05) is 113 Å². The number of carbonyl (C=O) groups is 8. The second-order valence-electron chi connectivity index (χ2n) is 26.2. The van der Waals surface area contributed by atoms with E-state index in [0.29, 0.717) is 111 Å². The van der Waals surface area contributed by atoms with Crippen LogP contribution in [0.5, 0.6) is 40.2 Å². The Bertz CT molecular complexity index is 4500. The van der Waals surface area contributed by atoms with Gasteiger partial charge >= 0.3 is 36.0 Å². The molecule has 29 nitrogen and oxygen atoms in total. The number of carboxylic acids is 3. The number of benzene rings is 7. The maximum absolute atomic E-state index is 12.7. The van der Waals surface area contributed by atoms with Gasteiger partial charge in [-0.05, 0) is 205 Å². The van der Waals surface area contributed by atoms with E-state index in [4.69, 9.17) is 151 Å². The van der Waals surface area contributed by atoms with Crippen LogP contribution in [0.15, 0.2) is 140 Å². The first-order chi connectivity index (χ1) is 57.0. The van der Waals surface area contributed by atoms with Crippen LogP contribution in [-0.2, 0) is 47.8 Å². The molecule has 2 aliphatic carbocycles. The van der Waals surface area contributed by atoms with Crippen LogP contribution in [0, 0.1) is 0 Å². The lowest BCUT2D eigenvalue weighted by atomic mass is 9.91. The molecule has 0 saturated heterocycles. The third-order valence-corrected chi connectivity index (χ3v) is 20.9. The third kappa shape index (κ3) is 35.8. The van der Waals surface area contributed by atoms with E-state index in [1.54, 1.807) is 141 Å². The number of nitrogens with two attached hydrogens (primary N) is 2. The molecule has 15 N–H and O–H groups in total. The molecule has 13 rings (SSSR count). The molecular weight excluding hydrogens is 1860 g/mol. The lowest BCUT2D eigenvalue weighted by molar-refractivity contribution is -0.192. The van der Waals surface area contributed by atoms with Gasteiger partial charge in [-0.2, -0.15) is 13.2 Å². The Labute approximate surface area is 750 Å². The first kappa shape index (κ1) is 99.5. The minimum atomic E-state index is -5.08. The van der Waals surface area contributed by atoms with Crippen LogP contribution in [0.1, 0.15) is 75.2 Å². The number of hydrogen-bond donors (Lipinski definition) is 13. The van der Waals surface area contributed by atoms with E-state index in [9.17, 15) is 46.7 Å². The number of ether oxygens (including phenoxy) is 8. The fraction of sp³-hybridized carbons (Fsp3) is 0.367. The summed E-state index contributed by atoms with van der Waals surface area (Å²) in [5.41, 5.74) is 14.1. The highest BCUT2D eigenvalue weighted by Gasteiger charge is 2.38. The van der Waals surface area contributed by atoms with Crippen molar-refractivity contribution in [2.24, 2.45) is 5.73 Å². The van der Waals surface area contributed by atoms with Crippen molar-refractivity contribution < 1.29 is 120 Å². The van der Waals surface area contributed by atoms with Crippen molar-refractivity contribution in [3.8, 4) is 40.2 Å². The SMILES string of the molecule is CCOC(=O)C(Br)CBr.CCOC(=O)C1COc2ccc(Cl)cc2N1.NC1CCC(NC(=O)COc2ccc(Cl)cc2)CC1.Nc1cc(Cl)ccc1O.O=C(COc1ccc(Cl)cc1)NC1CCC(NC(=O)C2COc3ccc(Cl)cc3N2)CC1.O=C(O)C(F)(F)F.O=C(O)C1COc2ccc(Cl)cc2N1.O=C(O)C1COc2ccc(Cl)cc2N1.[HH].[HH].[HH].[HH].[HH].[HH].[HH]. The molecule has 5 unspecified atom stereocenters. The highest BCUT2D eigenvalue weighted by Crippen LogP contribution is 2.36. The van der Waals surface area contributed by atoms with Crippen molar-refractivity contribution in [3.05, 3.63) is 175 Å². The number of hydrogen-bond acceptors (Lipinski definition) is 23. The Hall–Kier alpha value is -9.36. The first-order valence-electron chi connectivity index (χ1n) is 36.7. The summed E-state index contributed by atoms with van der Waals surface area (Å²) in [4.78, 5) is 88.8. The van der Waals surface area contributed by atoms with Crippen molar-refractivity contribution >= 4 is 189 Å². The largest absolute Gasteiger partial charge is 0.506 e. The van der Waals surface area contributed by atoms with Gasteiger partial charge in [-0.25, -0.2) is 19.2 Å². The normalized spacial score (nSPS) is 18.7. The Morgan fingerprint density at radius 1 is 0.492 bits per heavy atom. The molecule has 0 bridgehead atoms. The van der Waals surface area contributed by atoms with Gasteiger partial charge in [0.1, 0.15) is 77.5 Å². The highest BCUT2D eigenvalue weighted by atomic mass is 79.9. The van der Waals surface area contributed by atoms with Gasteiger partial charge in [0.05, 0.1) is 41.7 Å². The molecule has 0 spiro atoms. The number of phenolic OH excluding ortho intramolecular Hbond substituents is 1. The Morgan fingerprint density at radius 2 is 0.808 bits per heavy atom. The molecule has 4 heterocycles. The molecule has 6 aliphatic rings. The monoisotopic (exact) mass is 1960 g/mol. The molecule has 7 aromatic rings. The van der Waals surface area contributed by atoms with Crippen LogP contribution in [-0.4, -0.2) is 186 Å². The number of rotatable bonds is 17. The van der Waals surface area contributed by atoms with E-state index in [1.165, 1.54) is 12.1 Å². The number of aromatic hydroxyl groups is 1. The van der Waals surface area contributed by atoms with E-state index in [2.05, 4.69) is 73.8 Å². The summed E-state index contributed by atoms with van der Waals surface area (Å²) in [6.07, 6.45) is 1.96. The number of phenols is 1. The van der Waals surface area contributed by atoms with Crippen molar-refractivity contribution in [3.63, 3.8) is 0 Å². The van der Waals surface area contributed by atoms with Crippen LogP contribution in [0.3, 0.4) is 0 Å². The van der Waals surface area contributed by atoms with Crippen LogP contribution >= 0.6 is 113 Å². The summed E-state index contributed by atoms with van der Waals surface area (Å²) >= 11 is 46.8. The Balaban J connectivity index is 0. The summed E-state index contributed by atoms with van der Waals surface area (Å²) < 4.78 is 73.8. The summed E-state index contributed by atoms with van der Waals surface area (Å²) in [5, 5.41) is 59.1. The summed E-state index contributed by atoms with van der Waals surface area (Å²) in [6.45, 7) is 5.13. The molecule has 666 valence electrons. The van der Waals surface area contributed by atoms with Gasteiger partial charge in [0.15, 0.2) is 31.3 Å². The van der Waals surface area contributed by atoms with E-state index in [1.807, 2.05) is 0 Å². The smallest absolute Gasteiger partial charge is 0.490 e. The Kier molecular flexibility index (Phi) is 42.1. The van der Waals surface area contributed by atoms with Crippen LogP contribution in [0.25, 0.3) is 0 Å². The number of amides is 3. The molecule has 3 amide bonds. The highest BCUT2D eigenvalue weighted by molar-refractivity contribution is 9.12. The van der Waals surface area contributed by atoms with Gasteiger partial charge in [-0.15, -0.1) is 0 Å². The summed E-state index contributed by atoms with van der Waals surface area (Å²) in [6, 6.07) is 37.3. The molecule has 2 fully saturated rings. The number of anilines is 5. The van der Waals surface area contributed by atoms with Gasteiger partial charge in [0, 0.05) is 74.6 Å². The number of aliphatic carboxylic acids is 3. The maximum Gasteiger partial charge on any atom is 0.490 e. The molecule has 5 atom stereocenters. The number of nitrogens with one attached hydrogen (secondary N) is 7. The first-order valence-corrected chi connectivity index (χ1v) is 41.4. The molecule has 0 aromatic heterocycles. The maximum atomic E-state index is 12.7. The van der Waals surface area contributed by atoms with Gasteiger partial charge in [0.25, 0.3) is 11.8 Å². The average Bonchev–Trinajstić information content (AvgIpc) is 0.841. The number of carboxylic acid groups (broad SMARTS) is 3. The van der Waals surface area contributed by atoms with E-state index in [0.717, 1.165) is 62.7 Å². The van der Waals surface area contributed by atoms with Crippen molar-refractivity contribution in [1.29, 1.82) is 0 Å². The zero-order chi connectivity index (χ0) is 88.2. The van der Waals surface area contributed by atoms with E-state index in [-0.39, 0.29) is 108 Å². The lowest BCUT2D eigenvalue weighted by Crippen LogP contribution is -2.50. The van der Waals surface area contributed by atoms with E-state index < -0.39 is 48.3 Å². The van der Waals surface area contributed by atoms with Crippen LogP contribution in [0.4, 0.5) is 41.6 Å². The summed E-state index contributed by atoms with van der Waals surface area (Å²) in [7, 11) is 0. The number of nitrogen functional groups attached to an aromatic ring is 1.